The second-order valence-corrected chi connectivity index (χ2v) is 7.48. The first-order valence-corrected chi connectivity index (χ1v) is 8.53. The number of halogens is 4. The molecule has 0 bridgehead atoms. The topological polar surface area (TPSA) is 97.1 Å². The van der Waals surface area contributed by atoms with Gasteiger partial charge in [0.2, 0.25) is 0 Å². The zero-order chi connectivity index (χ0) is 18.0. The van der Waals surface area contributed by atoms with Crippen LogP contribution in [0.15, 0.2) is 41.4 Å². The normalized spacial score (nSPS) is 11.1. The van der Waals surface area contributed by atoms with E-state index in [0.717, 1.165) is 12.1 Å². The van der Waals surface area contributed by atoms with E-state index in [1.54, 1.807) is 6.07 Å². The van der Waals surface area contributed by atoms with Gasteiger partial charge in [-0.25, -0.2) is 22.2 Å². The Balaban J connectivity index is 0.00000312. The number of rotatable bonds is 6. The average Bonchev–Trinajstić information content (AvgIpc) is 2.48. The van der Waals surface area contributed by atoms with Gasteiger partial charge in [0.05, 0.1) is 11.9 Å². The molecule has 2 rings (SSSR count). The van der Waals surface area contributed by atoms with E-state index in [0.29, 0.717) is 18.4 Å². The van der Waals surface area contributed by atoms with Crippen LogP contribution in [0.2, 0.25) is 0 Å². The largest absolute Gasteiger partial charge is 0.364 e. The minimum Gasteiger partial charge on any atom is -0.364 e. The maximum absolute atomic E-state index is 13.6. The number of aromatic nitrogens is 1. The van der Waals surface area contributed by atoms with Crippen LogP contribution in [-0.2, 0) is 10.0 Å². The smallest absolute Gasteiger partial charge is 0.264 e. The fourth-order valence-corrected chi connectivity index (χ4v) is 2.93. The molecule has 11 heteroatoms. The Morgan fingerprint density at radius 2 is 1.81 bits per heavy atom. The van der Waals surface area contributed by atoms with Crippen molar-refractivity contribution < 1.29 is 17.2 Å². The summed E-state index contributed by atoms with van der Waals surface area (Å²) in [6.45, 7) is 4.16. The molecule has 0 spiro atoms. The first kappa shape index (κ1) is 24.3. The monoisotopic (exact) mass is 428 g/mol. The van der Waals surface area contributed by atoms with Crippen LogP contribution >= 0.6 is 24.8 Å². The molecule has 26 heavy (non-hydrogen) atoms. The van der Waals surface area contributed by atoms with Crippen molar-refractivity contribution in [2.45, 2.75) is 24.3 Å². The van der Waals surface area contributed by atoms with Crippen LogP contribution in [0.3, 0.4) is 0 Å². The highest BCUT2D eigenvalue weighted by Gasteiger charge is 2.20. The molecule has 6 nitrogen and oxygen atoms in total. The lowest BCUT2D eigenvalue weighted by Crippen LogP contribution is -2.39. The predicted molar refractivity (Wildman–Crippen MR) is 103 cm³/mol. The van der Waals surface area contributed by atoms with Crippen molar-refractivity contribution in [3.8, 4) is 0 Å². The molecule has 1 aromatic heterocycles. The van der Waals surface area contributed by atoms with Crippen molar-refractivity contribution in [1.29, 1.82) is 0 Å². The molecule has 0 atom stereocenters. The summed E-state index contributed by atoms with van der Waals surface area (Å²) >= 11 is 0. The van der Waals surface area contributed by atoms with Gasteiger partial charge < -0.3 is 11.1 Å². The third kappa shape index (κ3) is 6.24. The molecule has 0 saturated heterocycles. The van der Waals surface area contributed by atoms with Crippen LogP contribution in [0, 0.1) is 11.6 Å². The average molecular weight is 429 g/mol. The molecule has 2 aromatic rings. The van der Waals surface area contributed by atoms with Gasteiger partial charge in [0.15, 0.2) is 0 Å². The molecular weight excluding hydrogens is 409 g/mol. The fraction of sp³-hybridized carbons (Fsp3) is 0.267. The van der Waals surface area contributed by atoms with Crippen molar-refractivity contribution in [3.05, 3.63) is 48.2 Å². The number of hydrogen-bond donors (Lipinski definition) is 3. The molecular formula is C15H20Cl2F2N4O2S. The summed E-state index contributed by atoms with van der Waals surface area (Å²) < 4.78 is 53.0. The van der Waals surface area contributed by atoms with Crippen LogP contribution < -0.4 is 15.8 Å². The second kappa shape index (κ2) is 9.31. The first-order chi connectivity index (χ1) is 11.1. The van der Waals surface area contributed by atoms with Crippen molar-refractivity contribution >= 4 is 46.3 Å². The first-order valence-electron chi connectivity index (χ1n) is 7.05. The third-order valence-electron chi connectivity index (χ3n) is 3.18. The van der Waals surface area contributed by atoms with Gasteiger partial charge >= 0.3 is 0 Å². The van der Waals surface area contributed by atoms with Crippen LogP contribution in [0.5, 0.6) is 0 Å². The summed E-state index contributed by atoms with van der Waals surface area (Å²) in [6.07, 6.45) is 1.29. The number of sulfonamides is 1. The number of nitrogens with zero attached hydrogens (tertiary/aromatic N) is 1. The molecule has 0 unspecified atom stereocenters. The Kier molecular flexibility index (Phi) is 8.71. The Hall–Kier alpha value is -1.68. The van der Waals surface area contributed by atoms with Gasteiger partial charge in [0, 0.05) is 18.2 Å². The van der Waals surface area contributed by atoms with Crippen molar-refractivity contribution in [1.82, 2.24) is 4.98 Å². The number of anilines is 2. The maximum atomic E-state index is 13.6. The van der Waals surface area contributed by atoms with E-state index < -0.39 is 26.6 Å². The number of benzene rings is 1. The van der Waals surface area contributed by atoms with E-state index in [9.17, 15) is 17.2 Å². The lowest BCUT2D eigenvalue weighted by atomic mass is 10.1. The lowest BCUT2D eigenvalue weighted by Gasteiger charge is -2.24. The van der Waals surface area contributed by atoms with E-state index in [2.05, 4.69) is 15.0 Å². The molecule has 0 aliphatic rings. The van der Waals surface area contributed by atoms with Gasteiger partial charge in [-0.15, -0.1) is 24.8 Å². The minimum atomic E-state index is -4.19. The van der Waals surface area contributed by atoms with E-state index in [-0.39, 0.29) is 36.0 Å². The van der Waals surface area contributed by atoms with Crippen LogP contribution in [-0.4, -0.2) is 25.5 Å². The quantitative estimate of drug-likeness (QED) is 0.656. The molecule has 1 heterocycles. The number of hydrogen-bond acceptors (Lipinski definition) is 5. The zero-order valence-corrected chi connectivity index (χ0v) is 16.4. The summed E-state index contributed by atoms with van der Waals surface area (Å²) in [4.78, 5) is 3.44. The Bertz CT molecular complexity index is 834. The van der Waals surface area contributed by atoms with Gasteiger partial charge in [-0.3, -0.25) is 4.72 Å². The number of nitrogens with two attached hydrogens (primary N) is 1. The van der Waals surface area contributed by atoms with Crippen molar-refractivity contribution in [2.75, 3.05) is 16.6 Å². The van der Waals surface area contributed by atoms with Gasteiger partial charge in [0.25, 0.3) is 10.0 Å². The highest BCUT2D eigenvalue weighted by atomic mass is 35.5. The van der Waals surface area contributed by atoms with Crippen molar-refractivity contribution in [2.24, 2.45) is 5.73 Å². The van der Waals surface area contributed by atoms with E-state index in [4.69, 9.17) is 5.73 Å². The van der Waals surface area contributed by atoms with E-state index >= 15 is 0 Å². The fourth-order valence-electron chi connectivity index (χ4n) is 1.83. The minimum absolute atomic E-state index is 0. The Morgan fingerprint density at radius 3 is 2.31 bits per heavy atom. The summed E-state index contributed by atoms with van der Waals surface area (Å²) in [7, 11) is -4.19. The molecule has 0 aliphatic heterocycles. The zero-order valence-electron chi connectivity index (χ0n) is 14.0. The van der Waals surface area contributed by atoms with Crippen LogP contribution in [0.1, 0.15) is 13.8 Å². The van der Waals surface area contributed by atoms with Gasteiger partial charge in [-0.05, 0) is 38.1 Å². The van der Waals surface area contributed by atoms with Gasteiger partial charge in [-0.1, -0.05) is 0 Å². The maximum Gasteiger partial charge on any atom is 0.264 e. The van der Waals surface area contributed by atoms with Crippen molar-refractivity contribution in [3.63, 3.8) is 0 Å². The van der Waals surface area contributed by atoms with E-state index in [1.807, 2.05) is 13.8 Å². The Morgan fingerprint density at radius 1 is 1.15 bits per heavy atom. The molecule has 1 aromatic carbocycles. The van der Waals surface area contributed by atoms with Crippen LogP contribution in [0.25, 0.3) is 0 Å². The summed E-state index contributed by atoms with van der Waals surface area (Å²) in [5, 5.41) is 3.09. The molecule has 146 valence electrons. The van der Waals surface area contributed by atoms with E-state index in [1.165, 1.54) is 12.3 Å². The molecule has 0 aliphatic carbocycles. The molecule has 0 radical (unpaired) electrons. The van der Waals surface area contributed by atoms with Gasteiger partial charge in [-0.2, -0.15) is 0 Å². The molecule has 4 N–H and O–H groups in total. The Labute approximate surface area is 163 Å². The highest BCUT2D eigenvalue weighted by molar-refractivity contribution is 7.92. The molecule has 0 saturated carbocycles. The number of pyridine rings is 1. The summed E-state index contributed by atoms with van der Waals surface area (Å²) in [5.74, 6) is -1.51. The predicted octanol–water partition coefficient (Wildman–Crippen LogP) is 3.15. The van der Waals surface area contributed by atoms with Crippen LogP contribution in [0.4, 0.5) is 20.3 Å². The lowest BCUT2D eigenvalue weighted by molar-refractivity contribution is 0.551. The molecule has 0 amide bonds. The van der Waals surface area contributed by atoms with Gasteiger partial charge in [0.1, 0.15) is 22.3 Å². The highest BCUT2D eigenvalue weighted by Crippen LogP contribution is 2.20. The molecule has 0 fully saturated rings. The SMILES string of the molecule is CC(C)(CN)Nc1ccc(NS(=O)(=O)c2ccc(F)cc2F)cn1.Cl.Cl. The second-order valence-electron chi connectivity index (χ2n) is 5.83. The summed E-state index contributed by atoms with van der Waals surface area (Å²) in [6, 6.07) is 5.28. The third-order valence-corrected chi connectivity index (χ3v) is 4.59. The standard InChI is InChI=1S/C15H18F2N4O2S.2ClH/c1-15(2,9-18)20-14-6-4-11(8-19-14)21-24(22,23)13-5-3-10(16)7-12(13)17;;/h3-8,21H,9,18H2,1-2H3,(H,19,20);2*1H. The summed E-state index contributed by atoms with van der Waals surface area (Å²) in [5.41, 5.74) is 5.39. The number of nitrogens with one attached hydrogen (secondary N) is 2.